The second-order valence-electron chi connectivity index (χ2n) is 8.82. The van der Waals surface area contributed by atoms with Crippen LogP contribution < -0.4 is 10.9 Å². The molecule has 0 bridgehead atoms. The van der Waals surface area contributed by atoms with Crippen LogP contribution in [0.1, 0.15) is 29.9 Å². The maximum Gasteiger partial charge on any atom is 0.295 e. The summed E-state index contributed by atoms with van der Waals surface area (Å²) in [6.45, 7) is 5.83. The summed E-state index contributed by atoms with van der Waals surface area (Å²) in [5.74, 6) is -0.320. The Morgan fingerprint density at radius 2 is 1.71 bits per heavy atom. The predicted molar refractivity (Wildman–Crippen MR) is 134 cm³/mol. The average molecular weight is 499 g/mol. The van der Waals surface area contributed by atoms with Crippen LogP contribution in [0.2, 0.25) is 0 Å². The first-order valence-electron chi connectivity index (χ1n) is 11.5. The summed E-state index contributed by atoms with van der Waals surface area (Å²) in [5.41, 5.74) is 1.70. The fourth-order valence-corrected chi connectivity index (χ4v) is 5.99. The second-order valence-corrected chi connectivity index (χ2v) is 10.8. The summed E-state index contributed by atoms with van der Waals surface area (Å²) in [4.78, 5) is 26.1. The first kappa shape index (κ1) is 24.9. The van der Waals surface area contributed by atoms with Crippen molar-refractivity contribution in [1.29, 1.82) is 0 Å². The molecule has 4 rings (SSSR count). The molecule has 2 atom stereocenters. The number of sulfonamides is 1. The van der Waals surface area contributed by atoms with E-state index in [1.165, 1.54) is 21.1 Å². The molecule has 1 saturated heterocycles. The van der Waals surface area contributed by atoms with Gasteiger partial charge in [-0.25, -0.2) is 13.1 Å². The summed E-state index contributed by atoms with van der Waals surface area (Å²) in [7, 11) is -2.00. The molecule has 1 aliphatic rings. The standard InChI is InChI=1S/C25H30N4O5S/c1-17-15-28(16-18(2)34-17)35(32,33)22-12-8-9-20(13-22)23(30)14-26-24-19(3)27(4)29(25(24)31)21-10-6-5-7-11-21/h5-13,17-18,26H,14-16H2,1-4H3. The Balaban J connectivity index is 1.54. The Labute approximate surface area is 205 Å². The molecule has 35 heavy (non-hydrogen) atoms. The lowest BCUT2D eigenvalue weighted by atomic mass is 10.1. The summed E-state index contributed by atoms with van der Waals surface area (Å²) in [5, 5.41) is 2.96. The highest BCUT2D eigenvalue weighted by Crippen LogP contribution is 2.22. The number of para-hydroxylation sites is 1. The van der Waals surface area contributed by atoms with Gasteiger partial charge in [-0.1, -0.05) is 30.3 Å². The second kappa shape index (κ2) is 9.80. The number of nitrogens with one attached hydrogen (secondary N) is 1. The SMILES string of the molecule is Cc1c(NCC(=O)c2cccc(S(=O)(=O)N3CC(C)OC(C)C3)c2)c(=O)n(-c2ccccc2)n1C. The molecule has 0 saturated carbocycles. The molecule has 1 aromatic heterocycles. The van der Waals surface area contributed by atoms with Crippen LogP contribution in [0.15, 0.2) is 64.3 Å². The van der Waals surface area contributed by atoms with E-state index in [0.717, 1.165) is 0 Å². The zero-order valence-electron chi connectivity index (χ0n) is 20.3. The van der Waals surface area contributed by atoms with Gasteiger partial charge in [0.1, 0.15) is 5.69 Å². The van der Waals surface area contributed by atoms with Crippen LogP contribution >= 0.6 is 0 Å². The molecule has 2 aromatic carbocycles. The van der Waals surface area contributed by atoms with Crippen molar-refractivity contribution < 1.29 is 17.9 Å². The molecule has 0 aliphatic carbocycles. The van der Waals surface area contributed by atoms with Crippen molar-refractivity contribution in [2.45, 2.75) is 37.9 Å². The summed E-state index contributed by atoms with van der Waals surface area (Å²) >= 11 is 0. The first-order valence-corrected chi connectivity index (χ1v) is 12.9. The molecule has 0 amide bonds. The van der Waals surface area contributed by atoms with Crippen molar-refractivity contribution >= 4 is 21.5 Å². The van der Waals surface area contributed by atoms with Gasteiger partial charge in [-0.05, 0) is 45.0 Å². The van der Waals surface area contributed by atoms with E-state index in [-0.39, 0.29) is 53.6 Å². The highest BCUT2D eigenvalue weighted by atomic mass is 32.2. The molecule has 2 heterocycles. The number of carbonyl (C=O) groups excluding carboxylic acids is 1. The van der Waals surface area contributed by atoms with Crippen molar-refractivity contribution in [3.8, 4) is 5.69 Å². The molecular formula is C25H30N4O5S. The minimum Gasteiger partial charge on any atom is -0.373 e. The van der Waals surface area contributed by atoms with E-state index in [1.54, 1.807) is 30.8 Å². The number of benzene rings is 2. The predicted octanol–water partition coefficient (Wildman–Crippen LogP) is 2.58. The lowest BCUT2D eigenvalue weighted by Gasteiger charge is -2.34. The zero-order valence-corrected chi connectivity index (χ0v) is 21.1. The smallest absolute Gasteiger partial charge is 0.295 e. The third-order valence-electron chi connectivity index (χ3n) is 6.16. The monoisotopic (exact) mass is 498 g/mol. The van der Waals surface area contributed by atoms with Crippen LogP contribution in [-0.4, -0.2) is 59.7 Å². The van der Waals surface area contributed by atoms with Gasteiger partial charge < -0.3 is 10.1 Å². The number of carbonyl (C=O) groups is 1. The summed E-state index contributed by atoms with van der Waals surface area (Å²) < 4.78 is 36.7. The Hall–Kier alpha value is -3.21. The van der Waals surface area contributed by atoms with Crippen LogP contribution in [0.5, 0.6) is 0 Å². The van der Waals surface area contributed by atoms with E-state index in [2.05, 4.69) is 5.32 Å². The molecule has 1 N–H and O–H groups in total. The van der Waals surface area contributed by atoms with Crippen molar-refractivity contribution in [3.63, 3.8) is 0 Å². The van der Waals surface area contributed by atoms with Gasteiger partial charge in [-0.15, -0.1) is 0 Å². The average Bonchev–Trinajstić information content (AvgIpc) is 3.05. The Kier molecular flexibility index (Phi) is 6.98. The number of aromatic nitrogens is 2. The maximum atomic E-state index is 13.2. The van der Waals surface area contributed by atoms with Gasteiger partial charge >= 0.3 is 0 Å². The van der Waals surface area contributed by atoms with Gasteiger partial charge in [0.15, 0.2) is 5.78 Å². The van der Waals surface area contributed by atoms with Crippen molar-refractivity contribution in [2.24, 2.45) is 7.05 Å². The van der Waals surface area contributed by atoms with Crippen molar-refractivity contribution in [2.75, 3.05) is 25.0 Å². The number of Topliss-reactive ketones (excluding diaryl/α,β-unsaturated/α-hetero) is 1. The number of nitrogens with zero attached hydrogens (tertiary/aromatic N) is 3. The van der Waals surface area contributed by atoms with Gasteiger partial charge in [0.25, 0.3) is 5.56 Å². The lowest BCUT2D eigenvalue weighted by molar-refractivity contribution is -0.0440. The minimum absolute atomic E-state index is 0.0620. The number of hydrogen-bond acceptors (Lipinski definition) is 6. The van der Waals surface area contributed by atoms with Gasteiger partial charge in [-0.3, -0.25) is 14.3 Å². The topological polar surface area (TPSA) is 103 Å². The summed E-state index contributed by atoms with van der Waals surface area (Å²) in [6.07, 6.45) is -0.423. The molecular weight excluding hydrogens is 468 g/mol. The van der Waals surface area contributed by atoms with E-state index >= 15 is 0 Å². The van der Waals surface area contributed by atoms with E-state index in [1.807, 2.05) is 44.2 Å². The van der Waals surface area contributed by atoms with Gasteiger partial charge in [0.2, 0.25) is 10.0 Å². The molecule has 10 heteroatoms. The van der Waals surface area contributed by atoms with E-state index in [0.29, 0.717) is 17.1 Å². The molecule has 186 valence electrons. The fraction of sp³-hybridized carbons (Fsp3) is 0.360. The van der Waals surface area contributed by atoms with Crippen molar-refractivity contribution in [1.82, 2.24) is 13.7 Å². The molecule has 2 unspecified atom stereocenters. The van der Waals surface area contributed by atoms with E-state index in [9.17, 15) is 18.0 Å². The number of anilines is 1. The zero-order chi connectivity index (χ0) is 25.3. The molecule has 9 nitrogen and oxygen atoms in total. The number of hydrogen-bond donors (Lipinski definition) is 1. The van der Waals surface area contributed by atoms with E-state index < -0.39 is 10.0 Å². The molecule has 1 aliphatic heterocycles. The largest absolute Gasteiger partial charge is 0.373 e. The van der Waals surface area contributed by atoms with E-state index in [4.69, 9.17) is 4.74 Å². The minimum atomic E-state index is -3.77. The Bertz CT molecular complexity index is 1380. The third-order valence-corrected chi connectivity index (χ3v) is 7.99. The van der Waals surface area contributed by atoms with Crippen LogP contribution in [0, 0.1) is 6.92 Å². The van der Waals surface area contributed by atoms with Crippen LogP contribution in [-0.2, 0) is 21.8 Å². The highest BCUT2D eigenvalue weighted by molar-refractivity contribution is 7.89. The van der Waals surface area contributed by atoms with Crippen LogP contribution in [0.25, 0.3) is 5.69 Å². The van der Waals surface area contributed by atoms with Gasteiger partial charge in [-0.2, -0.15) is 4.31 Å². The molecule has 0 spiro atoms. The summed E-state index contributed by atoms with van der Waals surface area (Å²) in [6, 6.07) is 15.2. The number of morpholine rings is 1. The third kappa shape index (κ3) is 4.95. The van der Waals surface area contributed by atoms with Gasteiger partial charge in [0.05, 0.1) is 35.0 Å². The normalized spacial score (nSPS) is 19.0. The fourth-order valence-electron chi connectivity index (χ4n) is 4.35. The number of ether oxygens (including phenoxy) is 1. The highest BCUT2D eigenvalue weighted by Gasteiger charge is 2.32. The Morgan fingerprint density at radius 3 is 2.37 bits per heavy atom. The quantitative estimate of drug-likeness (QED) is 0.503. The van der Waals surface area contributed by atoms with Crippen LogP contribution in [0.4, 0.5) is 5.69 Å². The molecule has 0 radical (unpaired) electrons. The number of rotatable bonds is 7. The van der Waals surface area contributed by atoms with Crippen LogP contribution in [0.3, 0.4) is 0 Å². The Morgan fingerprint density at radius 1 is 1.06 bits per heavy atom. The van der Waals surface area contributed by atoms with Crippen molar-refractivity contribution in [3.05, 3.63) is 76.2 Å². The van der Waals surface area contributed by atoms with Gasteiger partial charge in [0, 0.05) is 25.7 Å². The molecule has 1 fully saturated rings. The maximum absolute atomic E-state index is 13.2. The molecule has 3 aromatic rings. The first-order chi connectivity index (χ1) is 16.6. The number of ketones is 1. The lowest BCUT2D eigenvalue weighted by Crippen LogP contribution is -2.48.